The molecule has 3 amide bonds. The highest BCUT2D eigenvalue weighted by Gasteiger charge is 2.22. The second-order valence-electron chi connectivity index (χ2n) is 9.55. The highest BCUT2D eigenvalue weighted by Crippen LogP contribution is 2.12. The lowest BCUT2D eigenvalue weighted by atomic mass is 9.96. The van der Waals surface area contributed by atoms with Gasteiger partial charge in [-0.1, -0.05) is 32.9 Å². The molecule has 0 aromatic heterocycles. The van der Waals surface area contributed by atoms with E-state index >= 15 is 0 Å². The van der Waals surface area contributed by atoms with Crippen LogP contribution in [0.1, 0.15) is 26.3 Å². The largest absolute Gasteiger partial charge is 0.445 e. The first-order chi connectivity index (χ1) is 17.7. The summed E-state index contributed by atoms with van der Waals surface area (Å²) >= 11 is 0. The molecule has 12 heteroatoms. The molecule has 0 unspecified atom stereocenters. The number of nitrogens with one attached hydrogen (secondary N) is 3. The summed E-state index contributed by atoms with van der Waals surface area (Å²) < 4.78 is 16.6. The van der Waals surface area contributed by atoms with Gasteiger partial charge in [0.2, 0.25) is 0 Å². The first-order valence-electron chi connectivity index (χ1n) is 12.5. The molecule has 208 valence electrons. The van der Waals surface area contributed by atoms with Crippen molar-refractivity contribution in [3.05, 3.63) is 29.8 Å². The fourth-order valence-corrected chi connectivity index (χ4v) is 3.17. The second-order valence-corrected chi connectivity index (χ2v) is 9.55. The van der Waals surface area contributed by atoms with E-state index in [-0.39, 0.29) is 26.2 Å². The number of hydroxylamine groups is 1. The molecule has 1 saturated heterocycles. The average Bonchev–Trinajstić information content (AvgIpc) is 2.89. The number of carbonyl (C=O) groups is 3. The first kappa shape index (κ1) is 30.1. The summed E-state index contributed by atoms with van der Waals surface area (Å²) in [6.45, 7) is 10.7. The third-order valence-electron chi connectivity index (χ3n) is 5.59. The zero-order valence-electron chi connectivity index (χ0n) is 22.3. The number of morpholine rings is 1. The molecule has 12 nitrogen and oxygen atoms in total. The van der Waals surface area contributed by atoms with Crippen LogP contribution in [0.5, 0.6) is 0 Å². The molecule has 1 aromatic carbocycles. The third-order valence-corrected chi connectivity index (χ3v) is 5.59. The topological polar surface area (TPSA) is 131 Å². The minimum absolute atomic E-state index is 0.101. The van der Waals surface area contributed by atoms with E-state index in [1.807, 2.05) is 31.3 Å². The first-order valence-corrected chi connectivity index (χ1v) is 12.5. The highest BCUT2D eigenvalue weighted by atomic mass is 16.7. The Morgan fingerprint density at radius 1 is 1.05 bits per heavy atom. The molecule has 0 atom stereocenters. The van der Waals surface area contributed by atoms with Gasteiger partial charge in [0, 0.05) is 57.4 Å². The lowest BCUT2D eigenvalue weighted by Gasteiger charge is -2.26. The lowest BCUT2D eigenvalue weighted by Crippen LogP contribution is -2.43. The molecule has 1 heterocycles. The Labute approximate surface area is 218 Å². The van der Waals surface area contributed by atoms with E-state index in [0.29, 0.717) is 13.2 Å². The highest BCUT2D eigenvalue weighted by molar-refractivity contribution is 5.81. The maximum Gasteiger partial charge on any atom is 0.431 e. The number of rotatable bonds is 12. The molecule has 1 aliphatic rings. The van der Waals surface area contributed by atoms with Gasteiger partial charge in [0.05, 0.1) is 26.4 Å². The van der Waals surface area contributed by atoms with E-state index in [0.717, 1.165) is 44.1 Å². The van der Waals surface area contributed by atoms with E-state index < -0.39 is 23.5 Å². The number of amides is 3. The number of hydrogen-bond acceptors (Lipinski definition) is 9. The summed E-state index contributed by atoms with van der Waals surface area (Å²) in [5, 5.41) is 5.55. The van der Waals surface area contributed by atoms with Crippen molar-refractivity contribution in [1.29, 1.82) is 0 Å². The molecule has 0 bridgehead atoms. The van der Waals surface area contributed by atoms with Crippen molar-refractivity contribution in [2.75, 3.05) is 78.1 Å². The Balaban J connectivity index is 1.78. The van der Waals surface area contributed by atoms with Crippen LogP contribution in [0.3, 0.4) is 0 Å². The average molecular weight is 524 g/mol. The summed E-state index contributed by atoms with van der Waals surface area (Å²) in [6.07, 6.45) is -1.34. The molecule has 0 spiro atoms. The maximum atomic E-state index is 12.8. The number of nitrogens with zero attached hydrogens (tertiary/aromatic N) is 2. The number of hydrogen-bond donors (Lipinski definition) is 3. The maximum absolute atomic E-state index is 12.8. The van der Waals surface area contributed by atoms with Gasteiger partial charge >= 0.3 is 12.2 Å². The molecule has 2 rings (SSSR count). The fraction of sp³-hybridized carbons (Fsp3) is 0.640. The van der Waals surface area contributed by atoms with E-state index in [2.05, 4.69) is 21.0 Å². The molecule has 0 aliphatic carbocycles. The van der Waals surface area contributed by atoms with Crippen LogP contribution in [-0.2, 0) is 30.4 Å². The quantitative estimate of drug-likeness (QED) is 0.277. The predicted octanol–water partition coefficient (Wildman–Crippen LogP) is 1.82. The Bertz CT molecular complexity index is 839. The van der Waals surface area contributed by atoms with Gasteiger partial charge in [-0.3, -0.25) is 9.69 Å². The SMILES string of the molecule is CNc1ccc(COC(=O)N(CCNC(=O)ONC(=O)C(C)(C)C)CCOCCN2CCOCC2)cc1. The number of carbonyl (C=O) groups excluding carboxylic acids is 3. The van der Waals surface area contributed by atoms with Crippen LogP contribution in [0, 0.1) is 5.41 Å². The van der Waals surface area contributed by atoms with Gasteiger partial charge in [-0.25, -0.2) is 9.59 Å². The smallest absolute Gasteiger partial charge is 0.431 e. The summed E-state index contributed by atoms with van der Waals surface area (Å²) in [5.41, 5.74) is 3.23. The normalized spacial score (nSPS) is 13.9. The van der Waals surface area contributed by atoms with Gasteiger partial charge < -0.3 is 34.6 Å². The van der Waals surface area contributed by atoms with Gasteiger partial charge in [0.1, 0.15) is 6.61 Å². The lowest BCUT2D eigenvalue weighted by molar-refractivity contribution is -0.137. The molecule has 0 radical (unpaired) electrons. The van der Waals surface area contributed by atoms with Crippen LogP contribution in [0.2, 0.25) is 0 Å². The Hall–Kier alpha value is -3.09. The van der Waals surface area contributed by atoms with Crippen LogP contribution in [0.25, 0.3) is 0 Å². The molecular formula is C25H41N5O7. The van der Waals surface area contributed by atoms with Crippen molar-refractivity contribution >= 4 is 23.8 Å². The molecule has 1 aliphatic heterocycles. The van der Waals surface area contributed by atoms with Crippen LogP contribution in [0.15, 0.2) is 24.3 Å². The van der Waals surface area contributed by atoms with Gasteiger partial charge in [-0.05, 0) is 17.7 Å². The zero-order valence-corrected chi connectivity index (χ0v) is 22.3. The monoisotopic (exact) mass is 523 g/mol. The molecule has 1 fully saturated rings. The molecular weight excluding hydrogens is 482 g/mol. The molecule has 37 heavy (non-hydrogen) atoms. The van der Waals surface area contributed by atoms with E-state index in [1.54, 1.807) is 20.8 Å². The minimum atomic E-state index is -0.822. The van der Waals surface area contributed by atoms with Gasteiger partial charge in [-0.15, -0.1) is 0 Å². The van der Waals surface area contributed by atoms with Gasteiger partial charge in [-0.2, -0.15) is 5.48 Å². The fourth-order valence-electron chi connectivity index (χ4n) is 3.17. The van der Waals surface area contributed by atoms with Crippen molar-refractivity contribution in [2.24, 2.45) is 5.41 Å². The summed E-state index contributed by atoms with van der Waals surface area (Å²) in [7, 11) is 1.83. The van der Waals surface area contributed by atoms with Crippen molar-refractivity contribution < 1.29 is 33.4 Å². The Morgan fingerprint density at radius 3 is 2.41 bits per heavy atom. The second kappa shape index (κ2) is 15.9. The third kappa shape index (κ3) is 12.1. The minimum Gasteiger partial charge on any atom is -0.445 e. The Kier molecular flexibility index (Phi) is 12.9. The van der Waals surface area contributed by atoms with Crippen molar-refractivity contribution in [3.8, 4) is 0 Å². The van der Waals surface area contributed by atoms with Crippen LogP contribution < -0.4 is 16.1 Å². The predicted molar refractivity (Wildman–Crippen MR) is 138 cm³/mol. The van der Waals surface area contributed by atoms with Gasteiger partial charge in [0.25, 0.3) is 5.91 Å². The number of anilines is 1. The Morgan fingerprint density at radius 2 is 1.76 bits per heavy atom. The van der Waals surface area contributed by atoms with E-state index in [4.69, 9.17) is 19.0 Å². The standard InChI is InChI=1S/C25H41N5O7/c1-25(2,3)22(31)28-37-23(32)27-9-10-30(14-18-35-17-13-29-11-15-34-16-12-29)24(33)36-19-20-5-7-21(26-4)8-6-20/h5-8,26H,9-19H2,1-4H3,(H,27,32)(H,28,31). The van der Waals surface area contributed by atoms with Crippen LogP contribution >= 0.6 is 0 Å². The van der Waals surface area contributed by atoms with Crippen LogP contribution in [0.4, 0.5) is 15.3 Å². The van der Waals surface area contributed by atoms with Gasteiger partial charge in [0.15, 0.2) is 0 Å². The summed E-state index contributed by atoms with van der Waals surface area (Å²) in [4.78, 5) is 45.0. The summed E-state index contributed by atoms with van der Waals surface area (Å²) in [5.74, 6) is -0.426. The number of ether oxygens (including phenoxy) is 3. The molecule has 1 aromatic rings. The molecule has 3 N–H and O–H groups in total. The van der Waals surface area contributed by atoms with Crippen molar-refractivity contribution in [3.63, 3.8) is 0 Å². The molecule has 0 saturated carbocycles. The van der Waals surface area contributed by atoms with Crippen LogP contribution in [-0.4, -0.2) is 101 Å². The summed E-state index contributed by atoms with van der Waals surface area (Å²) in [6, 6.07) is 7.55. The van der Waals surface area contributed by atoms with Crippen molar-refractivity contribution in [1.82, 2.24) is 20.6 Å². The zero-order chi connectivity index (χ0) is 27.1. The van der Waals surface area contributed by atoms with Crippen molar-refractivity contribution in [2.45, 2.75) is 27.4 Å². The number of benzene rings is 1. The van der Waals surface area contributed by atoms with E-state index in [1.165, 1.54) is 4.90 Å². The van der Waals surface area contributed by atoms with E-state index in [9.17, 15) is 14.4 Å².